The van der Waals surface area contributed by atoms with Gasteiger partial charge in [0.2, 0.25) is 0 Å². The number of H-pyrrole nitrogens is 1. The van der Waals surface area contributed by atoms with Crippen molar-refractivity contribution in [3.8, 4) is 17.2 Å². The molecule has 0 saturated heterocycles. The SMILES string of the molecule is N#CCOC(=O)c1ncccc1-c1c(F)c(N)c2c(Cl)c[nH]c2c1F. The number of pyridine rings is 1. The Morgan fingerprint density at radius 2 is 2.20 bits per heavy atom. The lowest BCUT2D eigenvalue weighted by atomic mass is 9.99. The summed E-state index contributed by atoms with van der Waals surface area (Å²) in [6.07, 6.45) is 2.54. The van der Waals surface area contributed by atoms with E-state index in [1.54, 1.807) is 6.07 Å². The van der Waals surface area contributed by atoms with Crippen LogP contribution in [0.1, 0.15) is 10.5 Å². The number of aromatic amines is 1. The molecule has 0 aliphatic heterocycles. The minimum absolute atomic E-state index is 0.0120. The van der Waals surface area contributed by atoms with Crippen LogP contribution >= 0.6 is 11.6 Å². The van der Waals surface area contributed by atoms with Crippen molar-refractivity contribution in [2.45, 2.75) is 0 Å². The molecule has 6 nitrogen and oxygen atoms in total. The molecular formula is C16H9ClF2N4O2. The number of ether oxygens (including phenoxy) is 1. The molecule has 3 aromatic rings. The van der Waals surface area contributed by atoms with E-state index in [9.17, 15) is 13.6 Å². The monoisotopic (exact) mass is 362 g/mol. The van der Waals surface area contributed by atoms with Gasteiger partial charge in [-0.3, -0.25) is 0 Å². The van der Waals surface area contributed by atoms with Crippen LogP contribution in [0.3, 0.4) is 0 Å². The number of carbonyl (C=O) groups is 1. The number of aromatic nitrogens is 2. The average Bonchev–Trinajstić information content (AvgIpc) is 3.00. The van der Waals surface area contributed by atoms with Crippen molar-refractivity contribution in [2.75, 3.05) is 12.3 Å². The van der Waals surface area contributed by atoms with Crippen LogP contribution in [0.5, 0.6) is 0 Å². The first kappa shape index (κ1) is 16.7. The topological polar surface area (TPSA) is 105 Å². The highest BCUT2D eigenvalue weighted by Gasteiger charge is 2.26. The van der Waals surface area contributed by atoms with Crippen LogP contribution < -0.4 is 5.73 Å². The fourth-order valence-corrected chi connectivity index (χ4v) is 2.72. The first-order valence-corrected chi connectivity index (χ1v) is 7.27. The van der Waals surface area contributed by atoms with Crippen LogP contribution in [0, 0.1) is 23.0 Å². The molecule has 0 aliphatic rings. The van der Waals surface area contributed by atoms with Crippen molar-refractivity contribution in [2.24, 2.45) is 0 Å². The Balaban J connectivity index is 2.28. The van der Waals surface area contributed by atoms with Gasteiger partial charge in [-0.05, 0) is 6.07 Å². The van der Waals surface area contributed by atoms with Gasteiger partial charge in [0.15, 0.2) is 23.9 Å². The molecular weight excluding hydrogens is 354 g/mol. The highest BCUT2D eigenvalue weighted by molar-refractivity contribution is 6.36. The van der Waals surface area contributed by atoms with Crippen LogP contribution in [0.15, 0.2) is 24.5 Å². The summed E-state index contributed by atoms with van der Waals surface area (Å²) in [4.78, 5) is 18.4. The molecule has 126 valence electrons. The van der Waals surface area contributed by atoms with Gasteiger partial charge >= 0.3 is 5.97 Å². The lowest BCUT2D eigenvalue weighted by Crippen LogP contribution is -2.11. The number of nitrogens with one attached hydrogen (secondary N) is 1. The van der Waals surface area contributed by atoms with Crippen LogP contribution in [-0.4, -0.2) is 22.5 Å². The van der Waals surface area contributed by atoms with E-state index in [-0.39, 0.29) is 32.9 Å². The normalized spacial score (nSPS) is 10.6. The predicted molar refractivity (Wildman–Crippen MR) is 86.8 cm³/mol. The number of fused-ring (bicyclic) bond motifs is 1. The number of nitrogens with two attached hydrogens (primary N) is 1. The molecule has 2 aromatic heterocycles. The molecule has 0 aliphatic carbocycles. The van der Waals surface area contributed by atoms with E-state index in [0.717, 1.165) is 0 Å². The van der Waals surface area contributed by atoms with Crippen LogP contribution in [-0.2, 0) is 4.74 Å². The number of anilines is 1. The fourth-order valence-electron chi connectivity index (χ4n) is 2.47. The highest BCUT2D eigenvalue weighted by atomic mass is 35.5. The third kappa shape index (κ3) is 2.64. The Morgan fingerprint density at radius 1 is 1.44 bits per heavy atom. The van der Waals surface area contributed by atoms with E-state index in [1.165, 1.54) is 24.5 Å². The second-order valence-electron chi connectivity index (χ2n) is 4.94. The van der Waals surface area contributed by atoms with Crippen molar-refractivity contribution >= 4 is 34.2 Å². The maximum Gasteiger partial charge on any atom is 0.358 e. The van der Waals surface area contributed by atoms with E-state index in [1.807, 2.05) is 0 Å². The summed E-state index contributed by atoms with van der Waals surface area (Å²) in [5.41, 5.74) is 4.26. The average molecular weight is 363 g/mol. The van der Waals surface area contributed by atoms with Crippen LogP contribution in [0.2, 0.25) is 5.02 Å². The summed E-state index contributed by atoms with van der Waals surface area (Å²) >= 11 is 5.90. The first-order valence-electron chi connectivity index (χ1n) is 6.89. The summed E-state index contributed by atoms with van der Waals surface area (Å²) in [7, 11) is 0. The number of rotatable bonds is 3. The number of hydrogen-bond acceptors (Lipinski definition) is 5. The van der Waals surface area contributed by atoms with E-state index < -0.39 is 29.8 Å². The molecule has 0 radical (unpaired) electrons. The van der Waals surface area contributed by atoms with E-state index in [4.69, 9.17) is 22.6 Å². The zero-order valence-electron chi connectivity index (χ0n) is 12.4. The molecule has 0 spiro atoms. The van der Waals surface area contributed by atoms with Gasteiger partial charge in [0.1, 0.15) is 6.07 Å². The van der Waals surface area contributed by atoms with E-state index in [0.29, 0.717) is 0 Å². The summed E-state index contributed by atoms with van der Waals surface area (Å²) in [6.45, 7) is -0.521. The van der Waals surface area contributed by atoms with Gasteiger partial charge in [-0.15, -0.1) is 0 Å². The highest BCUT2D eigenvalue weighted by Crippen LogP contribution is 2.40. The number of nitrogens with zero attached hydrogens (tertiary/aromatic N) is 2. The largest absolute Gasteiger partial charge is 0.446 e. The molecule has 0 amide bonds. The fraction of sp³-hybridized carbons (Fsp3) is 0.0625. The van der Waals surface area contributed by atoms with Crippen molar-refractivity contribution in [1.82, 2.24) is 9.97 Å². The van der Waals surface area contributed by atoms with E-state index in [2.05, 4.69) is 14.7 Å². The second-order valence-corrected chi connectivity index (χ2v) is 5.34. The quantitative estimate of drug-likeness (QED) is 0.548. The zero-order valence-corrected chi connectivity index (χ0v) is 13.2. The van der Waals surface area contributed by atoms with Gasteiger partial charge in [0.25, 0.3) is 0 Å². The molecule has 9 heteroatoms. The van der Waals surface area contributed by atoms with Gasteiger partial charge in [-0.1, -0.05) is 17.7 Å². The molecule has 1 aromatic carbocycles. The minimum Gasteiger partial charge on any atom is -0.446 e. The summed E-state index contributed by atoms with van der Waals surface area (Å²) < 4.78 is 34.3. The third-order valence-electron chi connectivity index (χ3n) is 3.53. The number of hydrogen-bond donors (Lipinski definition) is 2. The van der Waals surface area contributed by atoms with Crippen molar-refractivity contribution in [3.05, 3.63) is 46.9 Å². The maximum absolute atomic E-state index is 14.9. The number of nitrogen functional groups attached to an aromatic ring is 1. The number of benzene rings is 1. The Bertz CT molecular complexity index is 1040. The van der Waals surface area contributed by atoms with Crippen molar-refractivity contribution in [3.63, 3.8) is 0 Å². The number of halogens is 3. The van der Waals surface area contributed by atoms with Crippen molar-refractivity contribution in [1.29, 1.82) is 5.26 Å². The van der Waals surface area contributed by atoms with Gasteiger partial charge in [0.05, 0.1) is 21.8 Å². The van der Waals surface area contributed by atoms with Gasteiger partial charge in [0, 0.05) is 23.3 Å². The molecule has 25 heavy (non-hydrogen) atoms. The van der Waals surface area contributed by atoms with Gasteiger partial charge < -0.3 is 15.5 Å². The molecule has 3 rings (SSSR count). The molecule has 0 bridgehead atoms. The Kier molecular flexibility index (Phi) is 4.25. The Labute approximate surface area is 144 Å². The van der Waals surface area contributed by atoms with Gasteiger partial charge in [-0.2, -0.15) is 5.26 Å². The third-order valence-corrected chi connectivity index (χ3v) is 3.83. The molecule has 0 unspecified atom stereocenters. The van der Waals surface area contributed by atoms with E-state index >= 15 is 0 Å². The number of nitriles is 1. The zero-order chi connectivity index (χ0) is 18.1. The predicted octanol–water partition coefficient (Wildman–Crippen LogP) is 3.42. The van der Waals surface area contributed by atoms with Gasteiger partial charge in [-0.25, -0.2) is 18.6 Å². The molecule has 2 heterocycles. The summed E-state index contributed by atoms with van der Waals surface area (Å²) in [5.74, 6) is -3.04. The van der Waals surface area contributed by atoms with Crippen LogP contribution in [0.4, 0.5) is 14.5 Å². The summed E-state index contributed by atoms with van der Waals surface area (Å²) in [6, 6.07) is 4.33. The number of carbonyl (C=O) groups excluding carboxylic acids is 1. The Morgan fingerprint density at radius 3 is 2.92 bits per heavy atom. The molecule has 0 atom stereocenters. The summed E-state index contributed by atoms with van der Waals surface area (Å²) in [5, 5.41) is 8.57. The molecule has 0 saturated carbocycles. The van der Waals surface area contributed by atoms with Crippen molar-refractivity contribution < 1.29 is 18.3 Å². The van der Waals surface area contributed by atoms with Crippen LogP contribution in [0.25, 0.3) is 22.0 Å². The minimum atomic E-state index is -1.08. The smallest absolute Gasteiger partial charge is 0.358 e. The molecule has 0 fully saturated rings. The lowest BCUT2D eigenvalue weighted by molar-refractivity contribution is 0.0549. The standard InChI is InChI=1S/C16H9ClF2N4O2/c17-8-6-23-15-10(8)13(21)11(18)9(12(15)19)7-2-1-4-22-14(7)16(24)25-5-3-20/h1-2,4,6,23H,5,21H2. The second kappa shape index (κ2) is 6.37. The maximum atomic E-state index is 14.9. The molecule has 3 N–H and O–H groups in total. The Hall–Kier alpha value is -3.18. The lowest BCUT2D eigenvalue weighted by Gasteiger charge is -2.12. The first-order chi connectivity index (χ1) is 12.0. The number of esters is 1.